The lowest BCUT2D eigenvalue weighted by atomic mass is 10.0. The van der Waals surface area contributed by atoms with Crippen LogP contribution in [0.2, 0.25) is 5.02 Å². The van der Waals surface area contributed by atoms with E-state index in [-0.39, 0.29) is 11.7 Å². The van der Waals surface area contributed by atoms with E-state index in [4.69, 9.17) is 16.0 Å². The maximum atomic E-state index is 12.7. The maximum Gasteiger partial charge on any atom is 0.199 e. The highest BCUT2D eigenvalue weighted by atomic mass is 35.5. The van der Waals surface area contributed by atoms with Gasteiger partial charge in [0.15, 0.2) is 11.7 Å². The minimum atomic E-state index is 0.0785. The third-order valence-corrected chi connectivity index (χ3v) is 5.05. The maximum absolute atomic E-state index is 12.7. The Hall–Kier alpha value is -2.52. The Balaban J connectivity index is 1.46. The molecule has 0 amide bonds. The fourth-order valence-corrected chi connectivity index (χ4v) is 3.34. The molecular weight excluding hydrogens is 334 g/mol. The summed E-state index contributed by atoms with van der Waals surface area (Å²) in [6.45, 7) is 0. The van der Waals surface area contributed by atoms with Gasteiger partial charge in [-0.1, -0.05) is 23.7 Å². The lowest BCUT2D eigenvalue weighted by molar-refractivity contribution is 0.0965. The van der Waals surface area contributed by atoms with Crippen LogP contribution >= 0.6 is 11.6 Å². The monoisotopic (exact) mass is 351 g/mol. The molecule has 126 valence electrons. The van der Waals surface area contributed by atoms with E-state index in [1.807, 2.05) is 72.6 Å². The topological polar surface area (TPSA) is 33.5 Å². The van der Waals surface area contributed by atoms with Crippen LogP contribution < -0.4 is 4.90 Å². The van der Waals surface area contributed by atoms with Gasteiger partial charge in [-0.25, -0.2) is 0 Å². The van der Waals surface area contributed by atoms with E-state index < -0.39 is 0 Å². The molecule has 1 aliphatic rings. The predicted octanol–water partition coefficient (Wildman–Crippen LogP) is 5.69. The van der Waals surface area contributed by atoms with Crippen LogP contribution in [0.15, 0.2) is 71.3 Å². The average Bonchev–Trinajstić information content (AvgIpc) is 3.25. The van der Waals surface area contributed by atoms with Gasteiger partial charge in [-0.15, -0.1) is 0 Å². The van der Waals surface area contributed by atoms with E-state index in [0.717, 1.165) is 28.6 Å². The Labute approximate surface area is 151 Å². The van der Waals surface area contributed by atoms with Gasteiger partial charge in [0.1, 0.15) is 0 Å². The van der Waals surface area contributed by atoms with Crippen LogP contribution in [0.1, 0.15) is 28.3 Å². The van der Waals surface area contributed by atoms with Gasteiger partial charge in [-0.05, 0) is 60.4 Å². The second-order valence-electron chi connectivity index (χ2n) is 6.42. The van der Waals surface area contributed by atoms with Crippen molar-refractivity contribution in [3.63, 3.8) is 0 Å². The zero-order valence-corrected chi connectivity index (χ0v) is 14.6. The number of hydrogen-bond donors (Lipinski definition) is 0. The van der Waals surface area contributed by atoms with E-state index in [1.165, 1.54) is 5.56 Å². The number of furan rings is 1. The number of Topliss-reactive ketones (excluding diaryl/α,β-unsaturated/α-hetero) is 1. The first-order chi connectivity index (χ1) is 12.1. The van der Waals surface area contributed by atoms with E-state index >= 15 is 0 Å². The normalized spacial score (nSPS) is 18.8. The molecule has 0 aliphatic heterocycles. The Bertz CT molecular complexity index is 869. The third kappa shape index (κ3) is 3.20. The number of carbonyl (C=O) groups excluding carboxylic acids is 1. The van der Waals surface area contributed by atoms with E-state index in [1.54, 1.807) is 6.26 Å². The van der Waals surface area contributed by atoms with Gasteiger partial charge >= 0.3 is 0 Å². The number of nitrogens with zero attached hydrogens (tertiary/aromatic N) is 1. The summed E-state index contributed by atoms with van der Waals surface area (Å²) in [4.78, 5) is 14.7. The summed E-state index contributed by atoms with van der Waals surface area (Å²) in [5.41, 5.74) is 2.94. The first-order valence-corrected chi connectivity index (χ1v) is 8.68. The van der Waals surface area contributed by atoms with Gasteiger partial charge in [0, 0.05) is 35.3 Å². The standard InChI is InChI=1S/C21H18ClNO2/c1-23(20-3-2-12-25-20)17-10-6-15(7-11-17)21(24)19-13-18(19)14-4-8-16(22)9-5-14/h2-12,18-19H,13H2,1H3. The Morgan fingerprint density at radius 1 is 1.08 bits per heavy atom. The molecule has 1 heterocycles. The largest absolute Gasteiger partial charge is 0.448 e. The van der Waals surface area contributed by atoms with Crippen molar-refractivity contribution >= 4 is 29.0 Å². The molecule has 2 aromatic carbocycles. The van der Waals surface area contributed by atoms with Crippen molar-refractivity contribution in [2.24, 2.45) is 5.92 Å². The van der Waals surface area contributed by atoms with Crippen LogP contribution in [0.3, 0.4) is 0 Å². The van der Waals surface area contributed by atoms with Gasteiger partial charge in [0.05, 0.1) is 6.26 Å². The SMILES string of the molecule is CN(c1ccc(C(=O)C2CC2c2ccc(Cl)cc2)cc1)c1ccco1. The molecule has 1 fully saturated rings. The van der Waals surface area contributed by atoms with Crippen molar-refractivity contribution in [3.05, 3.63) is 83.1 Å². The summed E-state index contributed by atoms with van der Waals surface area (Å²) in [7, 11) is 1.94. The molecule has 1 saturated carbocycles. The molecule has 0 saturated heterocycles. The number of halogens is 1. The number of benzene rings is 2. The number of rotatable bonds is 5. The Morgan fingerprint density at radius 3 is 2.44 bits per heavy atom. The molecule has 0 bridgehead atoms. The van der Waals surface area contributed by atoms with Crippen LogP contribution in [0.4, 0.5) is 11.6 Å². The quantitative estimate of drug-likeness (QED) is 0.554. The summed E-state index contributed by atoms with van der Waals surface area (Å²) in [6.07, 6.45) is 2.56. The zero-order valence-electron chi connectivity index (χ0n) is 13.9. The smallest absolute Gasteiger partial charge is 0.199 e. The molecule has 1 aliphatic carbocycles. The summed E-state index contributed by atoms with van der Waals surface area (Å²) >= 11 is 5.93. The molecule has 1 aromatic heterocycles. The van der Waals surface area contributed by atoms with Crippen LogP contribution in [-0.4, -0.2) is 12.8 Å². The average molecular weight is 352 g/mol. The molecule has 3 aromatic rings. The lowest BCUT2D eigenvalue weighted by Crippen LogP contribution is -2.09. The molecule has 4 rings (SSSR count). The van der Waals surface area contributed by atoms with Gasteiger partial charge < -0.3 is 9.32 Å². The van der Waals surface area contributed by atoms with Crippen molar-refractivity contribution < 1.29 is 9.21 Å². The Morgan fingerprint density at radius 2 is 1.80 bits per heavy atom. The van der Waals surface area contributed by atoms with Crippen molar-refractivity contribution in [1.82, 2.24) is 0 Å². The number of anilines is 2. The molecular formula is C21H18ClNO2. The molecule has 2 atom stereocenters. The second kappa shape index (κ2) is 6.41. The van der Waals surface area contributed by atoms with Crippen molar-refractivity contribution in [3.8, 4) is 0 Å². The lowest BCUT2D eigenvalue weighted by Gasteiger charge is -2.16. The molecule has 2 unspecified atom stereocenters. The zero-order chi connectivity index (χ0) is 17.4. The summed E-state index contributed by atoms with van der Waals surface area (Å²) in [6, 6.07) is 19.3. The number of hydrogen-bond acceptors (Lipinski definition) is 3. The van der Waals surface area contributed by atoms with Crippen LogP contribution in [-0.2, 0) is 0 Å². The highest BCUT2D eigenvalue weighted by Crippen LogP contribution is 2.49. The van der Waals surface area contributed by atoms with Crippen molar-refractivity contribution in [2.75, 3.05) is 11.9 Å². The van der Waals surface area contributed by atoms with Gasteiger partial charge in [-0.3, -0.25) is 4.79 Å². The highest BCUT2D eigenvalue weighted by molar-refractivity contribution is 6.30. The number of ketones is 1. The molecule has 0 spiro atoms. The summed E-state index contributed by atoms with van der Waals surface area (Å²) in [5.74, 6) is 1.38. The van der Waals surface area contributed by atoms with Crippen molar-refractivity contribution in [1.29, 1.82) is 0 Å². The first-order valence-electron chi connectivity index (χ1n) is 8.30. The molecule has 4 heteroatoms. The van der Waals surface area contributed by atoms with Crippen molar-refractivity contribution in [2.45, 2.75) is 12.3 Å². The molecule has 0 radical (unpaired) electrons. The minimum absolute atomic E-state index is 0.0785. The summed E-state index contributed by atoms with van der Waals surface area (Å²) in [5, 5.41) is 0.726. The molecule has 3 nitrogen and oxygen atoms in total. The molecule has 0 N–H and O–H groups in total. The fourth-order valence-electron chi connectivity index (χ4n) is 3.21. The highest BCUT2D eigenvalue weighted by Gasteiger charge is 2.43. The van der Waals surface area contributed by atoms with Gasteiger partial charge in [0.25, 0.3) is 0 Å². The van der Waals surface area contributed by atoms with Crippen LogP contribution in [0, 0.1) is 5.92 Å². The van der Waals surface area contributed by atoms with Gasteiger partial charge in [-0.2, -0.15) is 0 Å². The third-order valence-electron chi connectivity index (χ3n) is 4.80. The minimum Gasteiger partial charge on any atom is -0.448 e. The predicted molar refractivity (Wildman–Crippen MR) is 99.8 cm³/mol. The summed E-state index contributed by atoms with van der Waals surface area (Å²) < 4.78 is 5.40. The van der Waals surface area contributed by atoms with E-state index in [2.05, 4.69) is 0 Å². The van der Waals surface area contributed by atoms with E-state index in [0.29, 0.717) is 5.92 Å². The van der Waals surface area contributed by atoms with Crippen LogP contribution in [0.25, 0.3) is 0 Å². The second-order valence-corrected chi connectivity index (χ2v) is 6.86. The Kier molecular flexibility index (Phi) is 4.10. The van der Waals surface area contributed by atoms with Gasteiger partial charge in [0.2, 0.25) is 0 Å². The van der Waals surface area contributed by atoms with E-state index in [9.17, 15) is 4.79 Å². The fraction of sp³-hybridized carbons (Fsp3) is 0.190. The molecule has 25 heavy (non-hydrogen) atoms. The first kappa shape index (κ1) is 16.0. The number of carbonyl (C=O) groups is 1. The van der Waals surface area contributed by atoms with Crippen LogP contribution in [0.5, 0.6) is 0 Å².